The molecule has 0 saturated carbocycles. The van der Waals surface area contributed by atoms with Crippen molar-refractivity contribution < 1.29 is 9.53 Å². The summed E-state index contributed by atoms with van der Waals surface area (Å²) in [7, 11) is 0. The van der Waals surface area contributed by atoms with Crippen molar-refractivity contribution in [2.45, 2.75) is 64.6 Å². The van der Waals surface area contributed by atoms with Gasteiger partial charge in [-0.1, -0.05) is 12.8 Å². The quantitative estimate of drug-likeness (QED) is 0.600. The van der Waals surface area contributed by atoms with E-state index in [0.717, 1.165) is 64.8 Å². The summed E-state index contributed by atoms with van der Waals surface area (Å²) in [6.45, 7) is 8.81. The molecule has 1 saturated heterocycles. The van der Waals surface area contributed by atoms with Crippen LogP contribution in [0.2, 0.25) is 0 Å². The van der Waals surface area contributed by atoms with E-state index in [2.05, 4.69) is 24.1 Å². The van der Waals surface area contributed by atoms with E-state index in [-0.39, 0.29) is 5.91 Å². The molecule has 0 aromatic rings. The molecule has 124 valence electrons. The third kappa shape index (κ3) is 9.06. The van der Waals surface area contributed by atoms with E-state index in [0.29, 0.717) is 18.6 Å². The van der Waals surface area contributed by atoms with Crippen LogP contribution in [0.3, 0.4) is 0 Å². The van der Waals surface area contributed by atoms with E-state index in [1.54, 1.807) is 0 Å². The summed E-state index contributed by atoms with van der Waals surface area (Å²) in [5.74, 6) is 0.187. The van der Waals surface area contributed by atoms with E-state index in [9.17, 15) is 4.79 Å². The first-order valence-corrected chi connectivity index (χ1v) is 8.46. The van der Waals surface area contributed by atoms with Gasteiger partial charge < -0.3 is 15.8 Å². The molecular weight excluding hydrogens is 266 g/mol. The summed E-state index contributed by atoms with van der Waals surface area (Å²) in [5.41, 5.74) is 5.44. The van der Waals surface area contributed by atoms with E-state index in [1.165, 1.54) is 0 Å². The van der Waals surface area contributed by atoms with Gasteiger partial charge in [0.25, 0.3) is 0 Å². The van der Waals surface area contributed by atoms with Crippen LogP contribution in [-0.4, -0.2) is 55.7 Å². The standard InChI is InChI=1S/C16H33N3O2/c1-14-12-19(13-15(2)21-14)11-7-10-18-16(20)8-5-3-4-6-9-17/h14-15H,3-13,17H2,1-2H3,(H,18,20). The summed E-state index contributed by atoms with van der Waals surface area (Å²) in [4.78, 5) is 14.1. The van der Waals surface area contributed by atoms with Gasteiger partial charge in [0.2, 0.25) is 5.91 Å². The van der Waals surface area contributed by atoms with E-state index >= 15 is 0 Å². The highest BCUT2D eigenvalue weighted by molar-refractivity contribution is 5.75. The number of hydrogen-bond acceptors (Lipinski definition) is 4. The average molecular weight is 299 g/mol. The second-order valence-corrected chi connectivity index (χ2v) is 6.17. The Morgan fingerprint density at radius 1 is 1.14 bits per heavy atom. The lowest BCUT2D eigenvalue weighted by molar-refractivity contribution is -0.121. The zero-order valence-electron chi connectivity index (χ0n) is 13.8. The monoisotopic (exact) mass is 299 g/mol. The van der Waals surface area contributed by atoms with Crippen LogP contribution >= 0.6 is 0 Å². The summed E-state index contributed by atoms with van der Waals surface area (Å²) in [6.07, 6.45) is 6.58. The minimum Gasteiger partial charge on any atom is -0.373 e. The molecular formula is C16H33N3O2. The fourth-order valence-electron chi connectivity index (χ4n) is 2.87. The molecule has 5 nitrogen and oxygen atoms in total. The second-order valence-electron chi connectivity index (χ2n) is 6.17. The van der Waals surface area contributed by atoms with E-state index in [1.807, 2.05) is 0 Å². The molecule has 0 bridgehead atoms. The molecule has 0 aromatic carbocycles. The fourth-order valence-corrected chi connectivity index (χ4v) is 2.87. The Labute approximate surface area is 129 Å². The molecule has 0 aromatic heterocycles. The number of carbonyl (C=O) groups is 1. The van der Waals surface area contributed by atoms with Crippen molar-refractivity contribution in [2.24, 2.45) is 5.73 Å². The van der Waals surface area contributed by atoms with E-state index in [4.69, 9.17) is 10.5 Å². The Morgan fingerprint density at radius 3 is 2.48 bits per heavy atom. The zero-order chi connectivity index (χ0) is 15.5. The van der Waals surface area contributed by atoms with Crippen molar-refractivity contribution in [1.82, 2.24) is 10.2 Å². The van der Waals surface area contributed by atoms with Gasteiger partial charge >= 0.3 is 0 Å². The van der Waals surface area contributed by atoms with Crippen LogP contribution in [-0.2, 0) is 9.53 Å². The highest BCUT2D eigenvalue weighted by Gasteiger charge is 2.21. The molecule has 0 aliphatic carbocycles. The lowest BCUT2D eigenvalue weighted by Gasteiger charge is -2.35. The zero-order valence-corrected chi connectivity index (χ0v) is 13.8. The number of hydrogen-bond donors (Lipinski definition) is 2. The van der Waals surface area contributed by atoms with Gasteiger partial charge in [-0.2, -0.15) is 0 Å². The topological polar surface area (TPSA) is 67.6 Å². The van der Waals surface area contributed by atoms with Gasteiger partial charge in [-0.15, -0.1) is 0 Å². The highest BCUT2D eigenvalue weighted by Crippen LogP contribution is 2.10. The van der Waals surface area contributed by atoms with Gasteiger partial charge in [-0.3, -0.25) is 9.69 Å². The number of ether oxygens (including phenoxy) is 1. The second kappa shape index (κ2) is 11.0. The largest absolute Gasteiger partial charge is 0.373 e. The van der Waals surface area contributed by atoms with Gasteiger partial charge in [0.15, 0.2) is 0 Å². The maximum absolute atomic E-state index is 11.7. The van der Waals surface area contributed by atoms with Crippen LogP contribution < -0.4 is 11.1 Å². The lowest BCUT2D eigenvalue weighted by Crippen LogP contribution is -2.46. The molecule has 5 heteroatoms. The molecule has 1 amide bonds. The Kier molecular flexibility index (Phi) is 9.63. The molecule has 1 aliphatic heterocycles. The first-order valence-electron chi connectivity index (χ1n) is 8.46. The average Bonchev–Trinajstić information content (AvgIpc) is 2.42. The van der Waals surface area contributed by atoms with E-state index < -0.39 is 0 Å². The number of unbranched alkanes of at least 4 members (excludes halogenated alkanes) is 3. The minimum atomic E-state index is 0.187. The Morgan fingerprint density at radius 2 is 1.81 bits per heavy atom. The smallest absolute Gasteiger partial charge is 0.219 e. The van der Waals surface area contributed by atoms with Crippen LogP contribution in [0.15, 0.2) is 0 Å². The van der Waals surface area contributed by atoms with Crippen LogP contribution in [0.1, 0.15) is 52.4 Å². The molecule has 21 heavy (non-hydrogen) atoms. The lowest BCUT2D eigenvalue weighted by atomic mass is 10.1. The Balaban J connectivity index is 1.96. The summed E-state index contributed by atoms with van der Waals surface area (Å²) >= 11 is 0. The van der Waals surface area contributed by atoms with Gasteiger partial charge in [0.1, 0.15) is 0 Å². The predicted octanol–water partition coefficient (Wildman–Crippen LogP) is 1.51. The van der Waals surface area contributed by atoms with Gasteiger partial charge in [0, 0.05) is 32.6 Å². The number of rotatable bonds is 10. The third-order valence-electron chi connectivity index (χ3n) is 3.83. The number of morpholine rings is 1. The Hall–Kier alpha value is -0.650. The van der Waals surface area contributed by atoms with Crippen LogP contribution in [0, 0.1) is 0 Å². The first-order chi connectivity index (χ1) is 10.1. The van der Waals surface area contributed by atoms with Crippen LogP contribution in [0.4, 0.5) is 0 Å². The molecule has 1 rings (SSSR count). The van der Waals surface area contributed by atoms with Gasteiger partial charge in [0.05, 0.1) is 12.2 Å². The molecule has 3 N–H and O–H groups in total. The van der Waals surface area contributed by atoms with Crippen molar-refractivity contribution in [1.29, 1.82) is 0 Å². The molecule has 2 atom stereocenters. The van der Waals surface area contributed by atoms with Crippen molar-refractivity contribution in [3.8, 4) is 0 Å². The van der Waals surface area contributed by atoms with Crippen molar-refractivity contribution >= 4 is 5.91 Å². The maximum Gasteiger partial charge on any atom is 0.219 e. The van der Waals surface area contributed by atoms with Gasteiger partial charge in [-0.05, 0) is 39.7 Å². The molecule has 1 heterocycles. The van der Waals surface area contributed by atoms with Gasteiger partial charge in [-0.25, -0.2) is 0 Å². The number of nitrogens with zero attached hydrogens (tertiary/aromatic N) is 1. The Bertz CT molecular complexity index is 277. The summed E-state index contributed by atoms with van der Waals surface area (Å²) in [5, 5.41) is 3.01. The molecule has 2 unspecified atom stereocenters. The highest BCUT2D eigenvalue weighted by atomic mass is 16.5. The summed E-state index contributed by atoms with van der Waals surface area (Å²) in [6, 6.07) is 0. The van der Waals surface area contributed by atoms with Crippen LogP contribution in [0.5, 0.6) is 0 Å². The van der Waals surface area contributed by atoms with Crippen molar-refractivity contribution in [3.05, 3.63) is 0 Å². The normalized spacial score (nSPS) is 23.2. The minimum absolute atomic E-state index is 0.187. The maximum atomic E-state index is 11.7. The molecule has 0 spiro atoms. The first kappa shape index (κ1) is 18.4. The van der Waals surface area contributed by atoms with Crippen molar-refractivity contribution in [3.63, 3.8) is 0 Å². The third-order valence-corrected chi connectivity index (χ3v) is 3.83. The predicted molar refractivity (Wildman–Crippen MR) is 86.2 cm³/mol. The number of nitrogens with two attached hydrogens (primary N) is 1. The molecule has 1 fully saturated rings. The molecule has 1 aliphatic rings. The number of nitrogens with one attached hydrogen (secondary N) is 1. The van der Waals surface area contributed by atoms with Crippen LogP contribution in [0.25, 0.3) is 0 Å². The SMILES string of the molecule is CC1CN(CCCNC(=O)CCCCCCN)CC(C)O1. The molecule has 0 radical (unpaired) electrons. The summed E-state index contributed by atoms with van der Waals surface area (Å²) < 4.78 is 5.71. The number of carbonyl (C=O) groups excluding carboxylic acids is 1. The fraction of sp³-hybridized carbons (Fsp3) is 0.938. The van der Waals surface area contributed by atoms with Crippen molar-refractivity contribution in [2.75, 3.05) is 32.7 Å². The number of amides is 1.